The van der Waals surface area contributed by atoms with Crippen molar-refractivity contribution in [3.05, 3.63) is 57.8 Å². The first kappa shape index (κ1) is 13.6. The largest absolute Gasteiger partial charge is 0.478 e. The normalized spacial score (nSPS) is 10.3. The molecule has 19 heavy (non-hydrogen) atoms. The number of hydrogen-bond donors (Lipinski definition) is 2. The number of carboxylic acid groups (broad SMARTS) is 1. The number of carbonyl (C=O) groups is 1. The number of halogens is 3. The highest BCUT2D eigenvalue weighted by molar-refractivity contribution is 6.43. The average molecular weight is 300 g/mol. The summed E-state index contributed by atoms with van der Waals surface area (Å²) in [5, 5.41) is 12.2. The zero-order chi connectivity index (χ0) is 14.0. The predicted molar refractivity (Wildman–Crippen MR) is 73.1 cm³/mol. The van der Waals surface area contributed by atoms with Crippen molar-refractivity contribution in [2.75, 3.05) is 5.32 Å². The Bertz CT molecular complexity index is 647. The molecule has 0 fully saturated rings. The van der Waals surface area contributed by atoms with Gasteiger partial charge in [-0.05, 0) is 24.3 Å². The lowest BCUT2D eigenvalue weighted by Crippen LogP contribution is -2.05. The van der Waals surface area contributed by atoms with E-state index >= 15 is 0 Å². The zero-order valence-corrected chi connectivity index (χ0v) is 11.0. The quantitative estimate of drug-likeness (QED) is 0.872. The Labute approximate surface area is 118 Å². The molecule has 0 radical (unpaired) electrons. The Balaban J connectivity index is 2.49. The molecule has 2 rings (SSSR count). The zero-order valence-electron chi connectivity index (χ0n) is 9.45. The van der Waals surface area contributed by atoms with Crippen LogP contribution in [-0.2, 0) is 0 Å². The minimum absolute atomic E-state index is 0.154. The minimum Gasteiger partial charge on any atom is -0.478 e. The maximum Gasteiger partial charge on any atom is 0.337 e. The second-order valence-corrected chi connectivity index (χ2v) is 4.48. The number of hydrogen-bond acceptors (Lipinski definition) is 2. The molecule has 0 bridgehead atoms. The Kier molecular flexibility index (Phi) is 3.93. The first-order valence-electron chi connectivity index (χ1n) is 5.23. The van der Waals surface area contributed by atoms with Gasteiger partial charge in [0.15, 0.2) is 0 Å². The van der Waals surface area contributed by atoms with Crippen molar-refractivity contribution in [1.82, 2.24) is 0 Å². The molecule has 98 valence electrons. The molecule has 0 aliphatic heterocycles. The van der Waals surface area contributed by atoms with Crippen LogP contribution in [-0.4, -0.2) is 11.1 Å². The van der Waals surface area contributed by atoms with Gasteiger partial charge in [-0.15, -0.1) is 0 Å². The minimum atomic E-state index is -1.24. The van der Waals surface area contributed by atoms with Gasteiger partial charge in [-0.2, -0.15) is 0 Å². The van der Waals surface area contributed by atoms with E-state index < -0.39 is 11.8 Å². The lowest BCUT2D eigenvalue weighted by molar-refractivity contribution is 0.0697. The lowest BCUT2D eigenvalue weighted by Gasteiger charge is -2.12. The summed E-state index contributed by atoms with van der Waals surface area (Å²) >= 11 is 11.8. The van der Waals surface area contributed by atoms with Crippen molar-refractivity contribution in [2.24, 2.45) is 0 Å². The van der Waals surface area contributed by atoms with Crippen LogP contribution in [0.1, 0.15) is 10.4 Å². The molecule has 0 aliphatic carbocycles. The fourth-order valence-electron chi connectivity index (χ4n) is 1.56. The predicted octanol–water partition coefficient (Wildman–Crippen LogP) is 4.57. The van der Waals surface area contributed by atoms with Crippen molar-refractivity contribution >= 4 is 40.5 Å². The second-order valence-electron chi connectivity index (χ2n) is 3.69. The van der Waals surface area contributed by atoms with Gasteiger partial charge >= 0.3 is 5.97 Å². The molecule has 0 heterocycles. The third-order valence-corrected chi connectivity index (χ3v) is 3.27. The van der Waals surface area contributed by atoms with E-state index in [0.29, 0.717) is 10.7 Å². The van der Waals surface area contributed by atoms with E-state index in [9.17, 15) is 9.18 Å². The Morgan fingerprint density at radius 3 is 2.53 bits per heavy atom. The summed E-state index contributed by atoms with van der Waals surface area (Å²) in [7, 11) is 0. The molecule has 0 amide bonds. The highest BCUT2D eigenvalue weighted by atomic mass is 35.5. The van der Waals surface area contributed by atoms with Crippen LogP contribution >= 0.6 is 23.2 Å². The van der Waals surface area contributed by atoms with E-state index in [1.54, 1.807) is 18.2 Å². The third-order valence-electron chi connectivity index (χ3n) is 2.46. The van der Waals surface area contributed by atoms with Crippen LogP contribution < -0.4 is 5.32 Å². The van der Waals surface area contributed by atoms with Gasteiger partial charge in [-0.1, -0.05) is 35.3 Å². The monoisotopic (exact) mass is 299 g/mol. The van der Waals surface area contributed by atoms with Gasteiger partial charge in [-0.25, -0.2) is 9.18 Å². The van der Waals surface area contributed by atoms with Gasteiger partial charge in [0.25, 0.3) is 0 Å². The molecule has 2 N–H and O–H groups in total. The Hall–Kier alpha value is -1.78. The van der Waals surface area contributed by atoms with E-state index in [0.717, 1.165) is 6.07 Å². The fraction of sp³-hybridized carbons (Fsp3) is 0. The van der Waals surface area contributed by atoms with Crippen LogP contribution in [0.4, 0.5) is 15.8 Å². The number of nitrogens with one attached hydrogen (secondary N) is 1. The standard InChI is InChI=1S/C13H8Cl2FNO2/c14-8-4-2-6-10(11(8)15)17-12-7(13(18)19)3-1-5-9(12)16/h1-6,17H,(H,18,19). The van der Waals surface area contributed by atoms with E-state index in [1.165, 1.54) is 12.1 Å². The molecule has 0 spiro atoms. The van der Waals surface area contributed by atoms with Crippen LogP contribution in [0.5, 0.6) is 0 Å². The molecule has 0 aliphatic rings. The summed E-state index contributed by atoms with van der Waals surface area (Å²) in [5.74, 6) is -1.92. The van der Waals surface area contributed by atoms with Crippen molar-refractivity contribution < 1.29 is 14.3 Å². The first-order chi connectivity index (χ1) is 9.00. The maximum absolute atomic E-state index is 13.7. The van der Waals surface area contributed by atoms with Crippen LogP contribution in [0.3, 0.4) is 0 Å². The lowest BCUT2D eigenvalue weighted by atomic mass is 10.1. The van der Waals surface area contributed by atoms with Gasteiger partial charge in [0, 0.05) is 0 Å². The molecule has 6 heteroatoms. The molecule has 0 unspecified atom stereocenters. The van der Waals surface area contributed by atoms with E-state index in [2.05, 4.69) is 5.32 Å². The summed E-state index contributed by atoms with van der Waals surface area (Å²) in [6.07, 6.45) is 0. The molecule has 3 nitrogen and oxygen atoms in total. The Morgan fingerprint density at radius 1 is 1.16 bits per heavy atom. The number of benzene rings is 2. The summed E-state index contributed by atoms with van der Waals surface area (Å²) in [4.78, 5) is 11.1. The highest BCUT2D eigenvalue weighted by Gasteiger charge is 2.15. The smallest absolute Gasteiger partial charge is 0.337 e. The van der Waals surface area contributed by atoms with Gasteiger partial charge in [0.1, 0.15) is 5.82 Å². The topological polar surface area (TPSA) is 49.3 Å². The van der Waals surface area contributed by atoms with Gasteiger partial charge in [-0.3, -0.25) is 0 Å². The molecule has 0 saturated carbocycles. The number of para-hydroxylation sites is 1. The first-order valence-corrected chi connectivity index (χ1v) is 5.99. The number of aromatic carboxylic acids is 1. The molecule has 0 aromatic heterocycles. The summed E-state index contributed by atoms with van der Waals surface area (Å²) < 4.78 is 13.7. The second kappa shape index (κ2) is 5.47. The maximum atomic E-state index is 13.7. The van der Waals surface area contributed by atoms with Crippen molar-refractivity contribution in [3.8, 4) is 0 Å². The van der Waals surface area contributed by atoms with Crippen LogP contribution in [0.15, 0.2) is 36.4 Å². The molecule has 2 aromatic carbocycles. The van der Waals surface area contributed by atoms with Crippen molar-refractivity contribution in [3.63, 3.8) is 0 Å². The Morgan fingerprint density at radius 2 is 1.84 bits per heavy atom. The summed E-state index contributed by atoms with van der Waals surface area (Å²) in [6, 6.07) is 8.56. The van der Waals surface area contributed by atoms with E-state index in [1.807, 2.05) is 0 Å². The number of anilines is 2. The molecular formula is C13H8Cl2FNO2. The number of rotatable bonds is 3. The van der Waals surface area contributed by atoms with E-state index in [4.69, 9.17) is 28.3 Å². The van der Waals surface area contributed by atoms with Gasteiger partial charge < -0.3 is 10.4 Å². The van der Waals surface area contributed by atoms with Crippen molar-refractivity contribution in [2.45, 2.75) is 0 Å². The highest BCUT2D eigenvalue weighted by Crippen LogP contribution is 2.33. The van der Waals surface area contributed by atoms with Gasteiger partial charge in [0.05, 0.1) is 27.0 Å². The summed E-state index contributed by atoms with van der Waals surface area (Å²) in [5.41, 5.74) is -0.00280. The molecular weight excluding hydrogens is 292 g/mol. The molecule has 0 saturated heterocycles. The van der Waals surface area contributed by atoms with Gasteiger partial charge in [0.2, 0.25) is 0 Å². The number of carboxylic acids is 1. The SMILES string of the molecule is O=C(O)c1cccc(F)c1Nc1cccc(Cl)c1Cl. The van der Waals surface area contributed by atoms with Crippen molar-refractivity contribution in [1.29, 1.82) is 0 Å². The molecule has 0 atom stereocenters. The summed E-state index contributed by atoms with van der Waals surface area (Å²) in [6.45, 7) is 0. The fourth-order valence-corrected chi connectivity index (χ4v) is 1.91. The van der Waals surface area contributed by atoms with Crippen LogP contribution in [0.2, 0.25) is 10.0 Å². The average Bonchev–Trinajstić information content (AvgIpc) is 2.36. The van der Waals surface area contributed by atoms with Crippen LogP contribution in [0, 0.1) is 5.82 Å². The third kappa shape index (κ3) is 2.80. The van der Waals surface area contributed by atoms with E-state index in [-0.39, 0.29) is 16.3 Å². The van der Waals surface area contributed by atoms with Crippen LogP contribution in [0.25, 0.3) is 0 Å². The molecule has 2 aromatic rings.